The van der Waals surface area contributed by atoms with E-state index in [0.717, 1.165) is 0 Å². The summed E-state index contributed by atoms with van der Waals surface area (Å²) in [5.41, 5.74) is -0.300. The van der Waals surface area contributed by atoms with Crippen LogP contribution in [0.25, 0.3) is 0 Å². The lowest BCUT2D eigenvalue weighted by molar-refractivity contribution is 0.0858. The van der Waals surface area contributed by atoms with Crippen LogP contribution in [0.2, 0.25) is 0 Å². The zero-order valence-electron chi connectivity index (χ0n) is 9.05. The predicted octanol–water partition coefficient (Wildman–Crippen LogP) is 3.85. The first-order valence-electron chi connectivity index (χ1n) is 4.75. The summed E-state index contributed by atoms with van der Waals surface area (Å²) in [6.45, 7) is 5.30. The van der Waals surface area contributed by atoms with E-state index < -0.39 is 11.8 Å². The molecule has 82 valence electrons. The largest absolute Gasteiger partial charge is 0.294 e. The molecule has 0 N–H and O–H groups in total. The second-order valence-corrected chi connectivity index (χ2v) is 4.51. The molecule has 0 radical (unpaired) electrons. The van der Waals surface area contributed by atoms with Gasteiger partial charge in [0, 0.05) is 16.5 Å². The van der Waals surface area contributed by atoms with Gasteiger partial charge >= 0.3 is 0 Å². The van der Waals surface area contributed by atoms with Crippen LogP contribution in [0, 0.1) is 5.41 Å². The molecule has 0 spiro atoms. The van der Waals surface area contributed by atoms with Crippen molar-refractivity contribution in [1.82, 2.24) is 0 Å². The molecular weight excluding hydrogens is 198 g/mol. The molecule has 0 amide bonds. The summed E-state index contributed by atoms with van der Waals surface area (Å²) in [6, 6.07) is 5.64. The minimum absolute atomic E-state index is 0.106. The smallest absolute Gasteiger partial charge is 0.263 e. The van der Waals surface area contributed by atoms with Gasteiger partial charge < -0.3 is 0 Å². The Balaban J connectivity index is 3.06. The number of Topliss-reactive ketones (excluding diaryl/α,β-unsaturated/α-hetero) is 1. The van der Waals surface area contributed by atoms with Crippen LogP contribution in [0.1, 0.15) is 43.1 Å². The molecule has 1 nitrogen and oxygen atoms in total. The molecule has 0 aliphatic heterocycles. The molecular formula is C12H14F2O. The molecule has 0 fully saturated rings. The summed E-state index contributed by atoms with van der Waals surface area (Å²) in [5, 5.41) is 0. The van der Waals surface area contributed by atoms with Crippen molar-refractivity contribution < 1.29 is 13.6 Å². The predicted molar refractivity (Wildman–Crippen MR) is 55.2 cm³/mol. The Hall–Kier alpha value is -1.25. The fraction of sp³-hybridized carbons (Fsp3) is 0.417. The molecule has 0 atom stereocenters. The standard InChI is InChI=1S/C12H14F2O/c1-12(2,3)10(15)8-5-4-6-9(7-8)11(13)14/h4-7,11H,1-3H3. The summed E-state index contributed by atoms with van der Waals surface area (Å²) in [5.74, 6) is -0.120. The van der Waals surface area contributed by atoms with Crippen molar-refractivity contribution in [3.8, 4) is 0 Å². The van der Waals surface area contributed by atoms with Crippen molar-refractivity contribution in [1.29, 1.82) is 0 Å². The van der Waals surface area contributed by atoms with Crippen LogP contribution in [0.3, 0.4) is 0 Å². The maximum atomic E-state index is 12.4. The highest BCUT2D eigenvalue weighted by Gasteiger charge is 2.23. The normalized spacial score (nSPS) is 11.9. The number of carbonyl (C=O) groups excluding carboxylic acids is 1. The molecule has 0 saturated carbocycles. The summed E-state index contributed by atoms with van der Waals surface area (Å²) in [7, 11) is 0. The zero-order valence-corrected chi connectivity index (χ0v) is 9.05. The van der Waals surface area contributed by atoms with Crippen molar-refractivity contribution in [2.45, 2.75) is 27.2 Å². The average molecular weight is 212 g/mol. The summed E-state index contributed by atoms with van der Waals surface area (Å²) < 4.78 is 24.8. The van der Waals surface area contributed by atoms with E-state index in [4.69, 9.17) is 0 Å². The lowest BCUT2D eigenvalue weighted by Gasteiger charge is -2.16. The van der Waals surface area contributed by atoms with Gasteiger partial charge in [-0.3, -0.25) is 4.79 Å². The van der Waals surface area contributed by atoms with Crippen LogP contribution >= 0.6 is 0 Å². The third-order valence-electron chi connectivity index (χ3n) is 2.08. The second-order valence-electron chi connectivity index (χ2n) is 4.51. The zero-order chi connectivity index (χ0) is 11.6. The van der Waals surface area contributed by atoms with Gasteiger partial charge in [-0.25, -0.2) is 8.78 Å². The van der Waals surface area contributed by atoms with Gasteiger partial charge in [0.1, 0.15) is 0 Å². The molecule has 1 aromatic carbocycles. The highest BCUT2D eigenvalue weighted by Crippen LogP contribution is 2.24. The maximum Gasteiger partial charge on any atom is 0.263 e. The quantitative estimate of drug-likeness (QED) is 0.680. The molecule has 1 aromatic rings. The second kappa shape index (κ2) is 4.09. The van der Waals surface area contributed by atoms with Gasteiger partial charge in [0.05, 0.1) is 0 Å². The number of carbonyl (C=O) groups is 1. The molecule has 3 heteroatoms. The van der Waals surface area contributed by atoms with Gasteiger partial charge in [-0.1, -0.05) is 39.0 Å². The highest BCUT2D eigenvalue weighted by molar-refractivity contribution is 5.99. The van der Waals surface area contributed by atoms with Gasteiger partial charge in [-0.15, -0.1) is 0 Å². The Bertz CT molecular complexity index is 364. The number of hydrogen-bond donors (Lipinski definition) is 0. The molecule has 15 heavy (non-hydrogen) atoms. The fourth-order valence-corrected chi connectivity index (χ4v) is 1.25. The van der Waals surface area contributed by atoms with E-state index in [1.165, 1.54) is 18.2 Å². The third-order valence-corrected chi connectivity index (χ3v) is 2.08. The number of hydrogen-bond acceptors (Lipinski definition) is 1. The van der Waals surface area contributed by atoms with Gasteiger partial charge in [0.2, 0.25) is 0 Å². The third kappa shape index (κ3) is 2.85. The molecule has 0 bridgehead atoms. The number of rotatable bonds is 2. The molecule has 0 aliphatic rings. The van der Waals surface area contributed by atoms with Gasteiger partial charge in [-0.05, 0) is 6.07 Å². The summed E-state index contributed by atoms with van der Waals surface area (Å²) in [6.07, 6.45) is -2.53. The fourth-order valence-electron chi connectivity index (χ4n) is 1.25. The summed E-state index contributed by atoms with van der Waals surface area (Å²) in [4.78, 5) is 11.8. The molecule has 0 saturated heterocycles. The Kier molecular flexibility index (Phi) is 3.22. The molecule has 0 aliphatic carbocycles. The van der Waals surface area contributed by atoms with E-state index in [1.807, 2.05) is 0 Å². The van der Waals surface area contributed by atoms with Crippen LogP contribution in [0.5, 0.6) is 0 Å². The van der Waals surface area contributed by atoms with Crippen LogP contribution in [0.4, 0.5) is 8.78 Å². The van der Waals surface area contributed by atoms with Crippen LogP contribution in [-0.2, 0) is 0 Å². The van der Waals surface area contributed by atoms with Crippen molar-refractivity contribution in [3.63, 3.8) is 0 Å². The van der Waals surface area contributed by atoms with Crippen LogP contribution in [0.15, 0.2) is 24.3 Å². The van der Waals surface area contributed by atoms with E-state index in [0.29, 0.717) is 5.56 Å². The molecule has 1 rings (SSSR count). The van der Waals surface area contributed by atoms with Gasteiger partial charge in [-0.2, -0.15) is 0 Å². The minimum Gasteiger partial charge on any atom is -0.294 e. The Labute approximate surface area is 88.1 Å². The van der Waals surface area contributed by atoms with E-state index >= 15 is 0 Å². The van der Waals surface area contributed by atoms with Crippen LogP contribution in [-0.4, -0.2) is 5.78 Å². The number of halogens is 2. The van der Waals surface area contributed by atoms with Crippen molar-refractivity contribution >= 4 is 5.78 Å². The lowest BCUT2D eigenvalue weighted by Crippen LogP contribution is -2.20. The number of ketones is 1. The first kappa shape index (κ1) is 11.8. The number of alkyl halides is 2. The van der Waals surface area contributed by atoms with E-state index in [2.05, 4.69) is 0 Å². The van der Waals surface area contributed by atoms with Gasteiger partial charge in [0.15, 0.2) is 5.78 Å². The van der Waals surface area contributed by atoms with Crippen LogP contribution < -0.4 is 0 Å². The Morgan fingerprint density at radius 1 is 1.27 bits per heavy atom. The Morgan fingerprint density at radius 3 is 2.33 bits per heavy atom. The summed E-state index contributed by atoms with van der Waals surface area (Å²) >= 11 is 0. The average Bonchev–Trinajstić information content (AvgIpc) is 2.15. The molecule has 0 unspecified atom stereocenters. The van der Waals surface area contributed by atoms with E-state index in [9.17, 15) is 13.6 Å². The number of benzene rings is 1. The minimum atomic E-state index is -2.53. The SMILES string of the molecule is CC(C)(C)C(=O)c1cccc(C(F)F)c1. The van der Waals surface area contributed by atoms with Crippen molar-refractivity contribution in [2.24, 2.45) is 5.41 Å². The molecule has 0 heterocycles. The first-order valence-corrected chi connectivity index (χ1v) is 4.75. The highest BCUT2D eigenvalue weighted by atomic mass is 19.3. The van der Waals surface area contributed by atoms with Crippen molar-refractivity contribution in [2.75, 3.05) is 0 Å². The van der Waals surface area contributed by atoms with Crippen molar-refractivity contribution in [3.05, 3.63) is 35.4 Å². The first-order chi connectivity index (χ1) is 6.82. The van der Waals surface area contributed by atoms with Gasteiger partial charge in [0.25, 0.3) is 6.43 Å². The topological polar surface area (TPSA) is 17.1 Å². The lowest BCUT2D eigenvalue weighted by atomic mass is 9.86. The Morgan fingerprint density at radius 2 is 1.87 bits per heavy atom. The maximum absolute atomic E-state index is 12.4. The van der Waals surface area contributed by atoms with E-state index in [-0.39, 0.29) is 11.3 Å². The molecule has 0 aromatic heterocycles. The monoisotopic (exact) mass is 212 g/mol. The van der Waals surface area contributed by atoms with E-state index in [1.54, 1.807) is 26.8 Å².